The van der Waals surface area contributed by atoms with Gasteiger partial charge in [0, 0.05) is 11.6 Å². The molecule has 0 aliphatic rings. The Hall–Kier alpha value is -1.55. The fourth-order valence-corrected chi connectivity index (χ4v) is 1.21. The van der Waals surface area contributed by atoms with E-state index < -0.39 is 11.9 Å². The lowest BCUT2D eigenvalue weighted by Gasteiger charge is -2.13. The van der Waals surface area contributed by atoms with E-state index in [9.17, 15) is 9.50 Å². The van der Waals surface area contributed by atoms with Crippen molar-refractivity contribution < 1.29 is 9.50 Å². The van der Waals surface area contributed by atoms with Crippen LogP contribution in [0.4, 0.5) is 10.1 Å². The fraction of sp³-hybridized carbons (Fsp3) is 0.200. The Morgan fingerprint density at radius 2 is 2.21 bits per heavy atom. The van der Waals surface area contributed by atoms with Crippen LogP contribution in [0.5, 0.6) is 5.75 Å². The highest BCUT2D eigenvalue weighted by Gasteiger charge is 2.14. The summed E-state index contributed by atoms with van der Waals surface area (Å²) >= 11 is 0. The molecule has 0 radical (unpaired) electrons. The number of hydrogen-bond acceptors (Lipinski definition) is 3. The average Bonchev–Trinajstić information content (AvgIpc) is 2.15. The Bertz CT molecular complexity index is 352. The SMILES string of the molecule is C=CC[C@H](N)c1ccc(F)c(N)c1O. The van der Waals surface area contributed by atoms with Gasteiger partial charge in [-0.2, -0.15) is 0 Å². The highest BCUT2D eigenvalue weighted by Crippen LogP contribution is 2.32. The summed E-state index contributed by atoms with van der Waals surface area (Å²) in [6.45, 7) is 3.53. The molecule has 1 rings (SSSR count). The maximum atomic E-state index is 12.9. The molecule has 0 unspecified atom stereocenters. The van der Waals surface area contributed by atoms with Crippen molar-refractivity contribution in [2.75, 3.05) is 5.73 Å². The van der Waals surface area contributed by atoms with Crippen LogP contribution in [0.15, 0.2) is 24.8 Å². The number of nitrogen functional groups attached to an aromatic ring is 1. The van der Waals surface area contributed by atoms with Crippen LogP contribution in [-0.2, 0) is 0 Å². The van der Waals surface area contributed by atoms with Crippen LogP contribution in [0.2, 0.25) is 0 Å². The molecule has 14 heavy (non-hydrogen) atoms. The third-order valence-corrected chi connectivity index (χ3v) is 2.02. The molecule has 1 aromatic rings. The van der Waals surface area contributed by atoms with Crippen LogP contribution in [0, 0.1) is 5.82 Å². The lowest BCUT2D eigenvalue weighted by Crippen LogP contribution is -2.10. The lowest BCUT2D eigenvalue weighted by atomic mass is 10.0. The topological polar surface area (TPSA) is 72.3 Å². The molecule has 0 saturated heterocycles. The van der Waals surface area contributed by atoms with Gasteiger partial charge in [-0.25, -0.2) is 4.39 Å². The second-order valence-electron chi connectivity index (χ2n) is 3.03. The van der Waals surface area contributed by atoms with Crippen molar-refractivity contribution in [1.29, 1.82) is 0 Å². The Morgan fingerprint density at radius 3 is 2.79 bits per heavy atom. The standard InChI is InChI=1S/C10H13FN2O/c1-2-3-8(12)6-4-5-7(11)9(13)10(6)14/h2,4-5,8,14H,1,3,12-13H2/t8-/m0/s1. The van der Waals surface area contributed by atoms with E-state index in [1.54, 1.807) is 6.08 Å². The molecule has 0 spiro atoms. The van der Waals surface area contributed by atoms with Crippen LogP contribution >= 0.6 is 0 Å². The largest absolute Gasteiger partial charge is 0.505 e. The van der Waals surface area contributed by atoms with Crippen molar-refractivity contribution in [3.05, 3.63) is 36.2 Å². The molecule has 3 nitrogen and oxygen atoms in total. The van der Waals surface area contributed by atoms with E-state index in [1.165, 1.54) is 12.1 Å². The number of rotatable bonds is 3. The lowest BCUT2D eigenvalue weighted by molar-refractivity contribution is 0.459. The molecular weight excluding hydrogens is 183 g/mol. The zero-order chi connectivity index (χ0) is 10.7. The molecule has 0 aromatic heterocycles. The molecule has 4 heteroatoms. The monoisotopic (exact) mass is 196 g/mol. The summed E-state index contributed by atoms with van der Waals surface area (Å²) in [7, 11) is 0. The van der Waals surface area contributed by atoms with Gasteiger partial charge in [0.25, 0.3) is 0 Å². The van der Waals surface area contributed by atoms with E-state index in [0.29, 0.717) is 12.0 Å². The van der Waals surface area contributed by atoms with E-state index in [2.05, 4.69) is 6.58 Å². The number of halogens is 1. The first kappa shape index (κ1) is 10.5. The van der Waals surface area contributed by atoms with Gasteiger partial charge in [-0.1, -0.05) is 12.1 Å². The highest BCUT2D eigenvalue weighted by atomic mass is 19.1. The van der Waals surface area contributed by atoms with Gasteiger partial charge in [0.15, 0.2) is 0 Å². The number of phenolic OH excluding ortho intramolecular Hbond substituents is 1. The van der Waals surface area contributed by atoms with Crippen molar-refractivity contribution in [3.8, 4) is 5.75 Å². The number of anilines is 1. The van der Waals surface area contributed by atoms with E-state index in [1.807, 2.05) is 0 Å². The van der Waals surface area contributed by atoms with Crippen LogP contribution in [0.3, 0.4) is 0 Å². The molecular formula is C10H13FN2O. The Balaban J connectivity index is 3.10. The predicted octanol–water partition coefficient (Wildman–Crippen LogP) is 1.69. The molecule has 0 heterocycles. The number of aromatic hydroxyl groups is 1. The second kappa shape index (κ2) is 4.11. The number of phenols is 1. The maximum absolute atomic E-state index is 12.9. The van der Waals surface area contributed by atoms with Crippen LogP contribution in [-0.4, -0.2) is 5.11 Å². The quantitative estimate of drug-likeness (QED) is 0.391. The van der Waals surface area contributed by atoms with Gasteiger partial charge < -0.3 is 16.6 Å². The van der Waals surface area contributed by atoms with E-state index in [0.717, 1.165) is 0 Å². The minimum atomic E-state index is -0.642. The minimum Gasteiger partial charge on any atom is -0.505 e. The highest BCUT2D eigenvalue weighted by molar-refractivity contribution is 5.57. The molecule has 0 bridgehead atoms. The number of benzene rings is 1. The summed E-state index contributed by atoms with van der Waals surface area (Å²) in [4.78, 5) is 0. The first-order chi connectivity index (χ1) is 6.57. The van der Waals surface area contributed by atoms with Crippen LogP contribution in [0.25, 0.3) is 0 Å². The normalized spacial score (nSPS) is 12.4. The van der Waals surface area contributed by atoms with Gasteiger partial charge in [-0.3, -0.25) is 0 Å². The summed E-state index contributed by atoms with van der Waals surface area (Å²) in [5, 5.41) is 9.50. The molecule has 0 aliphatic heterocycles. The molecule has 0 fully saturated rings. The van der Waals surface area contributed by atoms with Gasteiger partial charge >= 0.3 is 0 Å². The van der Waals surface area contributed by atoms with Crippen LogP contribution in [0.1, 0.15) is 18.0 Å². The maximum Gasteiger partial charge on any atom is 0.149 e. The van der Waals surface area contributed by atoms with E-state index in [-0.39, 0.29) is 11.4 Å². The third-order valence-electron chi connectivity index (χ3n) is 2.02. The Labute approximate surface area is 81.8 Å². The molecule has 5 N–H and O–H groups in total. The summed E-state index contributed by atoms with van der Waals surface area (Å²) in [6.07, 6.45) is 2.13. The van der Waals surface area contributed by atoms with Crippen LogP contribution < -0.4 is 11.5 Å². The van der Waals surface area contributed by atoms with Crippen molar-refractivity contribution in [2.24, 2.45) is 5.73 Å². The van der Waals surface area contributed by atoms with Crippen molar-refractivity contribution in [2.45, 2.75) is 12.5 Å². The van der Waals surface area contributed by atoms with E-state index in [4.69, 9.17) is 11.5 Å². The molecule has 0 saturated carbocycles. The Kier molecular flexibility index (Phi) is 3.09. The zero-order valence-electron chi connectivity index (χ0n) is 7.70. The first-order valence-electron chi connectivity index (χ1n) is 4.21. The minimum absolute atomic E-state index is 0.262. The summed E-state index contributed by atoms with van der Waals surface area (Å²) in [6, 6.07) is 2.21. The van der Waals surface area contributed by atoms with Gasteiger partial charge in [-0.05, 0) is 12.5 Å². The Morgan fingerprint density at radius 1 is 1.57 bits per heavy atom. The third kappa shape index (κ3) is 1.85. The fourth-order valence-electron chi connectivity index (χ4n) is 1.21. The van der Waals surface area contributed by atoms with Gasteiger partial charge in [0.1, 0.15) is 17.3 Å². The predicted molar refractivity (Wildman–Crippen MR) is 54.2 cm³/mol. The first-order valence-corrected chi connectivity index (χ1v) is 4.21. The van der Waals surface area contributed by atoms with Crippen molar-refractivity contribution >= 4 is 5.69 Å². The summed E-state index contributed by atoms with van der Waals surface area (Å²) in [5.74, 6) is -0.920. The summed E-state index contributed by atoms with van der Waals surface area (Å²) in [5.41, 5.74) is 11.2. The molecule has 76 valence electrons. The molecule has 1 aromatic carbocycles. The molecule has 0 amide bonds. The smallest absolute Gasteiger partial charge is 0.149 e. The summed E-state index contributed by atoms with van der Waals surface area (Å²) < 4.78 is 12.9. The van der Waals surface area contributed by atoms with Gasteiger partial charge in [0.05, 0.1) is 0 Å². The average molecular weight is 196 g/mol. The van der Waals surface area contributed by atoms with E-state index >= 15 is 0 Å². The van der Waals surface area contributed by atoms with Crippen molar-refractivity contribution in [3.63, 3.8) is 0 Å². The molecule has 1 atom stereocenters. The van der Waals surface area contributed by atoms with Gasteiger partial charge in [-0.15, -0.1) is 6.58 Å². The van der Waals surface area contributed by atoms with Gasteiger partial charge in [0.2, 0.25) is 0 Å². The zero-order valence-corrected chi connectivity index (χ0v) is 7.70. The number of nitrogens with two attached hydrogens (primary N) is 2. The second-order valence-corrected chi connectivity index (χ2v) is 3.03. The van der Waals surface area contributed by atoms with Crippen molar-refractivity contribution in [1.82, 2.24) is 0 Å². The molecule has 0 aliphatic carbocycles. The number of hydrogen-bond donors (Lipinski definition) is 3.